The highest BCUT2D eigenvalue weighted by atomic mass is 32.1. The number of aliphatic carboxylic acids is 1. The van der Waals surface area contributed by atoms with Gasteiger partial charge in [0.25, 0.3) is 0 Å². The number of hydrogen-bond acceptors (Lipinski definition) is 5. The Kier molecular flexibility index (Phi) is 6.94. The Morgan fingerprint density at radius 2 is 1.87 bits per heavy atom. The molecule has 0 saturated carbocycles. The zero-order chi connectivity index (χ0) is 21.7. The first-order chi connectivity index (χ1) is 14.4. The van der Waals surface area contributed by atoms with E-state index in [1.807, 2.05) is 6.92 Å². The number of nitrogens with zero attached hydrogens (tertiary/aromatic N) is 2. The molecule has 0 unspecified atom stereocenters. The number of ether oxygens (including phenoxy) is 1. The van der Waals surface area contributed by atoms with Crippen LogP contribution in [0.25, 0.3) is 10.2 Å². The van der Waals surface area contributed by atoms with Gasteiger partial charge in [-0.25, -0.2) is 13.8 Å². The minimum atomic E-state index is -1.08. The summed E-state index contributed by atoms with van der Waals surface area (Å²) in [6.07, 6.45) is 0.348. The number of carbonyl (C=O) groups excluding carboxylic acids is 1. The Morgan fingerprint density at radius 3 is 2.53 bits per heavy atom. The first-order valence-corrected chi connectivity index (χ1v) is 10.2. The predicted molar refractivity (Wildman–Crippen MR) is 110 cm³/mol. The standard InChI is InChI=1S/C21H20F2N2O4S/c1-2-11-29-14-5-3-13(4-6-14)25(18(26)9-10-19(27)28)12-17-24-16-8-7-15(22)20(23)21(16)30-17/h3-8H,2,9-12H2,1H3,(H,27,28). The Labute approximate surface area is 175 Å². The number of anilines is 1. The number of hydrogen-bond donors (Lipinski definition) is 1. The summed E-state index contributed by atoms with van der Waals surface area (Å²) in [6.45, 7) is 2.56. The largest absolute Gasteiger partial charge is 0.494 e. The summed E-state index contributed by atoms with van der Waals surface area (Å²) in [6, 6.07) is 9.20. The highest BCUT2D eigenvalue weighted by Gasteiger charge is 2.20. The van der Waals surface area contributed by atoms with E-state index in [0.717, 1.165) is 23.8 Å². The van der Waals surface area contributed by atoms with E-state index in [-0.39, 0.29) is 24.1 Å². The average Bonchev–Trinajstić information content (AvgIpc) is 3.15. The third kappa shape index (κ3) is 5.10. The Bertz CT molecular complexity index is 1050. The molecule has 0 fully saturated rings. The van der Waals surface area contributed by atoms with Crippen LogP contribution in [-0.4, -0.2) is 28.6 Å². The van der Waals surface area contributed by atoms with Crippen molar-refractivity contribution in [1.82, 2.24) is 4.98 Å². The van der Waals surface area contributed by atoms with Gasteiger partial charge >= 0.3 is 5.97 Å². The van der Waals surface area contributed by atoms with Gasteiger partial charge in [-0.3, -0.25) is 9.59 Å². The number of carboxylic acids is 1. The molecule has 0 aliphatic heterocycles. The summed E-state index contributed by atoms with van der Waals surface area (Å²) in [5.41, 5.74) is 0.829. The summed E-state index contributed by atoms with van der Waals surface area (Å²) in [5, 5.41) is 9.31. The van der Waals surface area contributed by atoms with Gasteiger partial charge in [0, 0.05) is 12.1 Å². The van der Waals surface area contributed by atoms with Crippen LogP contribution in [0.15, 0.2) is 36.4 Å². The molecule has 3 aromatic rings. The van der Waals surface area contributed by atoms with Crippen molar-refractivity contribution in [2.24, 2.45) is 0 Å². The number of carbonyl (C=O) groups is 2. The lowest BCUT2D eigenvalue weighted by molar-refractivity contribution is -0.138. The minimum absolute atomic E-state index is 0.00796. The molecule has 0 spiro atoms. The number of fused-ring (bicyclic) bond motifs is 1. The molecule has 30 heavy (non-hydrogen) atoms. The van der Waals surface area contributed by atoms with Crippen molar-refractivity contribution in [2.75, 3.05) is 11.5 Å². The third-order valence-corrected chi connectivity index (χ3v) is 5.31. The van der Waals surface area contributed by atoms with E-state index in [9.17, 15) is 18.4 Å². The maximum absolute atomic E-state index is 14.0. The fraction of sp³-hybridized carbons (Fsp3) is 0.286. The van der Waals surface area contributed by atoms with E-state index in [2.05, 4.69) is 4.98 Å². The van der Waals surface area contributed by atoms with Crippen molar-refractivity contribution in [1.29, 1.82) is 0 Å². The summed E-state index contributed by atoms with van der Waals surface area (Å²) >= 11 is 0.956. The Morgan fingerprint density at radius 1 is 1.13 bits per heavy atom. The van der Waals surface area contributed by atoms with Gasteiger partial charge in [0.2, 0.25) is 5.91 Å². The molecule has 158 valence electrons. The van der Waals surface area contributed by atoms with Crippen molar-refractivity contribution >= 4 is 39.1 Å². The second-order valence-electron chi connectivity index (χ2n) is 6.53. The van der Waals surface area contributed by atoms with Gasteiger partial charge in [-0.2, -0.15) is 0 Å². The van der Waals surface area contributed by atoms with Crippen LogP contribution in [0.5, 0.6) is 5.75 Å². The van der Waals surface area contributed by atoms with Crippen LogP contribution in [0.2, 0.25) is 0 Å². The molecular weight excluding hydrogens is 414 g/mol. The molecule has 6 nitrogen and oxygen atoms in total. The van der Waals surface area contributed by atoms with Crippen molar-refractivity contribution in [3.05, 3.63) is 53.0 Å². The molecular formula is C21H20F2N2O4S. The number of benzene rings is 2. The lowest BCUT2D eigenvalue weighted by Gasteiger charge is -2.22. The molecule has 9 heteroatoms. The van der Waals surface area contributed by atoms with E-state index in [1.165, 1.54) is 11.0 Å². The van der Waals surface area contributed by atoms with Crippen LogP contribution >= 0.6 is 11.3 Å². The SMILES string of the molecule is CCCOc1ccc(N(Cc2nc3ccc(F)c(F)c3s2)C(=O)CCC(=O)O)cc1. The van der Waals surface area contributed by atoms with Crippen molar-refractivity contribution in [3.8, 4) is 5.75 Å². The molecule has 3 rings (SSSR count). The van der Waals surface area contributed by atoms with Crippen molar-refractivity contribution in [3.63, 3.8) is 0 Å². The number of halogens is 2. The van der Waals surface area contributed by atoms with Gasteiger partial charge in [0.15, 0.2) is 11.6 Å². The van der Waals surface area contributed by atoms with E-state index in [1.54, 1.807) is 24.3 Å². The van der Waals surface area contributed by atoms with Crippen LogP contribution in [0, 0.1) is 11.6 Å². The van der Waals surface area contributed by atoms with Crippen LogP contribution in [0.4, 0.5) is 14.5 Å². The molecule has 1 aromatic heterocycles. The molecule has 0 bridgehead atoms. The van der Waals surface area contributed by atoms with Gasteiger partial charge in [-0.1, -0.05) is 6.92 Å². The topological polar surface area (TPSA) is 79.7 Å². The monoisotopic (exact) mass is 434 g/mol. The van der Waals surface area contributed by atoms with E-state index in [0.29, 0.717) is 28.6 Å². The van der Waals surface area contributed by atoms with Crippen LogP contribution < -0.4 is 9.64 Å². The lowest BCUT2D eigenvalue weighted by atomic mass is 10.2. The zero-order valence-electron chi connectivity index (χ0n) is 16.2. The maximum atomic E-state index is 14.0. The van der Waals surface area contributed by atoms with Crippen molar-refractivity contribution in [2.45, 2.75) is 32.7 Å². The average molecular weight is 434 g/mol. The second kappa shape index (κ2) is 9.62. The molecule has 1 N–H and O–H groups in total. The number of rotatable bonds is 9. The number of amides is 1. The molecule has 1 heterocycles. The summed E-state index contributed by atoms with van der Waals surface area (Å²) < 4.78 is 33.1. The van der Waals surface area contributed by atoms with Gasteiger partial charge in [-0.15, -0.1) is 11.3 Å². The fourth-order valence-electron chi connectivity index (χ4n) is 2.80. The molecule has 2 aromatic carbocycles. The quantitative estimate of drug-likeness (QED) is 0.525. The van der Waals surface area contributed by atoms with Gasteiger partial charge < -0.3 is 14.7 Å². The Balaban J connectivity index is 1.88. The van der Waals surface area contributed by atoms with Crippen LogP contribution in [-0.2, 0) is 16.1 Å². The summed E-state index contributed by atoms with van der Waals surface area (Å²) in [7, 11) is 0. The van der Waals surface area contributed by atoms with Gasteiger partial charge in [0.05, 0.1) is 29.8 Å². The summed E-state index contributed by atoms with van der Waals surface area (Å²) in [4.78, 5) is 29.3. The predicted octanol–water partition coefficient (Wildman–Crippen LogP) is 4.76. The van der Waals surface area contributed by atoms with E-state index >= 15 is 0 Å². The third-order valence-electron chi connectivity index (χ3n) is 4.26. The zero-order valence-corrected chi connectivity index (χ0v) is 17.0. The highest BCUT2D eigenvalue weighted by Crippen LogP contribution is 2.29. The van der Waals surface area contributed by atoms with Crippen molar-refractivity contribution < 1.29 is 28.2 Å². The van der Waals surface area contributed by atoms with Crippen LogP contribution in [0.3, 0.4) is 0 Å². The van der Waals surface area contributed by atoms with E-state index in [4.69, 9.17) is 9.84 Å². The smallest absolute Gasteiger partial charge is 0.303 e. The minimum Gasteiger partial charge on any atom is -0.494 e. The molecule has 0 radical (unpaired) electrons. The molecule has 0 aliphatic rings. The van der Waals surface area contributed by atoms with Gasteiger partial charge in [0.1, 0.15) is 10.8 Å². The van der Waals surface area contributed by atoms with Crippen LogP contribution in [0.1, 0.15) is 31.2 Å². The molecule has 0 atom stereocenters. The number of aromatic nitrogens is 1. The first kappa shape index (κ1) is 21.6. The maximum Gasteiger partial charge on any atom is 0.303 e. The molecule has 0 saturated heterocycles. The lowest BCUT2D eigenvalue weighted by Crippen LogP contribution is -2.30. The Hall–Kier alpha value is -3.07. The number of carboxylic acid groups (broad SMARTS) is 1. The summed E-state index contributed by atoms with van der Waals surface area (Å²) in [5.74, 6) is -2.78. The first-order valence-electron chi connectivity index (χ1n) is 9.37. The molecule has 0 aliphatic carbocycles. The molecule has 1 amide bonds. The normalized spacial score (nSPS) is 10.9. The highest BCUT2D eigenvalue weighted by molar-refractivity contribution is 7.18. The number of thiazole rings is 1. The second-order valence-corrected chi connectivity index (χ2v) is 7.62. The fourth-order valence-corrected chi connectivity index (χ4v) is 3.78. The van der Waals surface area contributed by atoms with E-state index < -0.39 is 23.5 Å². The van der Waals surface area contributed by atoms with Gasteiger partial charge in [-0.05, 0) is 42.8 Å².